The second kappa shape index (κ2) is 6.65. The van der Waals surface area contributed by atoms with Gasteiger partial charge in [0.1, 0.15) is 6.33 Å². The van der Waals surface area contributed by atoms with Gasteiger partial charge in [-0.2, -0.15) is 0 Å². The maximum Gasteiger partial charge on any atom is 0.251 e. The molecule has 3 rings (SSSR count). The van der Waals surface area contributed by atoms with Gasteiger partial charge in [0, 0.05) is 17.8 Å². The fourth-order valence-corrected chi connectivity index (χ4v) is 2.51. The van der Waals surface area contributed by atoms with Crippen molar-refractivity contribution in [1.29, 1.82) is 0 Å². The molecule has 0 fully saturated rings. The molecule has 4 heteroatoms. The Balaban J connectivity index is 1.75. The molecule has 23 heavy (non-hydrogen) atoms. The Labute approximate surface area is 136 Å². The van der Waals surface area contributed by atoms with Crippen molar-refractivity contribution in [1.82, 2.24) is 14.9 Å². The number of para-hydroxylation sites is 2. The molecule has 2 aromatic carbocycles. The van der Waals surface area contributed by atoms with Gasteiger partial charge in [0.05, 0.1) is 11.0 Å². The lowest BCUT2D eigenvalue weighted by atomic mass is 10.1. The number of benzene rings is 2. The Morgan fingerprint density at radius 3 is 2.61 bits per heavy atom. The molecule has 0 aliphatic carbocycles. The smallest absolute Gasteiger partial charge is 0.251 e. The van der Waals surface area contributed by atoms with Crippen LogP contribution in [0.3, 0.4) is 0 Å². The van der Waals surface area contributed by atoms with Crippen molar-refractivity contribution in [3.63, 3.8) is 0 Å². The van der Waals surface area contributed by atoms with Crippen LogP contribution in [0.25, 0.3) is 16.7 Å². The van der Waals surface area contributed by atoms with Crippen molar-refractivity contribution >= 4 is 16.9 Å². The van der Waals surface area contributed by atoms with Crippen LogP contribution in [-0.4, -0.2) is 22.0 Å². The SMILES string of the molecule is CC(C)CCNC(=O)c1ccc(-n2cnc3ccccc32)cc1. The summed E-state index contributed by atoms with van der Waals surface area (Å²) in [5.41, 5.74) is 3.70. The van der Waals surface area contributed by atoms with E-state index < -0.39 is 0 Å². The van der Waals surface area contributed by atoms with Crippen molar-refractivity contribution in [3.05, 3.63) is 60.4 Å². The minimum atomic E-state index is -0.0207. The van der Waals surface area contributed by atoms with Gasteiger partial charge in [0.2, 0.25) is 0 Å². The number of rotatable bonds is 5. The fraction of sp³-hybridized carbons (Fsp3) is 0.263. The van der Waals surface area contributed by atoms with Crippen molar-refractivity contribution in [2.24, 2.45) is 5.92 Å². The Bertz CT molecular complexity index is 803. The number of hydrogen-bond donors (Lipinski definition) is 1. The van der Waals surface area contributed by atoms with Crippen molar-refractivity contribution in [3.8, 4) is 5.69 Å². The monoisotopic (exact) mass is 307 g/mol. The maximum atomic E-state index is 12.1. The first kappa shape index (κ1) is 15.3. The van der Waals surface area contributed by atoms with Gasteiger partial charge >= 0.3 is 0 Å². The molecule has 0 unspecified atom stereocenters. The Morgan fingerprint density at radius 2 is 1.87 bits per heavy atom. The average Bonchev–Trinajstić information content (AvgIpc) is 2.98. The van der Waals surface area contributed by atoms with Crippen LogP contribution in [0.2, 0.25) is 0 Å². The van der Waals surface area contributed by atoms with E-state index in [9.17, 15) is 4.79 Å². The van der Waals surface area contributed by atoms with Gasteiger partial charge in [-0.3, -0.25) is 9.36 Å². The lowest BCUT2D eigenvalue weighted by molar-refractivity contribution is 0.0952. The molecule has 1 heterocycles. The summed E-state index contributed by atoms with van der Waals surface area (Å²) < 4.78 is 2.02. The van der Waals surface area contributed by atoms with Crippen LogP contribution in [0.5, 0.6) is 0 Å². The maximum absolute atomic E-state index is 12.1. The van der Waals surface area contributed by atoms with Gasteiger partial charge < -0.3 is 5.32 Å². The molecule has 0 spiro atoms. The third kappa shape index (κ3) is 3.42. The van der Waals surface area contributed by atoms with Crippen molar-refractivity contribution < 1.29 is 4.79 Å². The number of nitrogens with zero attached hydrogens (tertiary/aromatic N) is 2. The molecule has 0 radical (unpaired) electrons. The summed E-state index contributed by atoms with van der Waals surface area (Å²) in [6.07, 6.45) is 2.80. The molecule has 1 amide bonds. The van der Waals surface area contributed by atoms with Crippen LogP contribution in [0.4, 0.5) is 0 Å². The molecule has 1 aromatic heterocycles. The van der Waals surface area contributed by atoms with Crippen LogP contribution < -0.4 is 5.32 Å². The molecule has 118 valence electrons. The first-order valence-electron chi connectivity index (χ1n) is 7.96. The minimum absolute atomic E-state index is 0.0207. The second-order valence-corrected chi connectivity index (χ2v) is 6.09. The highest BCUT2D eigenvalue weighted by molar-refractivity contribution is 5.94. The van der Waals surface area contributed by atoms with Crippen molar-refractivity contribution in [2.75, 3.05) is 6.54 Å². The molecule has 0 aliphatic rings. The zero-order chi connectivity index (χ0) is 16.2. The standard InChI is InChI=1S/C19H21N3O/c1-14(2)11-12-20-19(23)15-7-9-16(10-8-15)22-13-21-17-5-3-4-6-18(17)22/h3-10,13-14H,11-12H2,1-2H3,(H,20,23). The predicted molar refractivity (Wildman–Crippen MR) is 92.9 cm³/mol. The second-order valence-electron chi connectivity index (χ2n) is 6.09. The topological polar surface area (TPSA) is 46.9 Å². The quantitative estimate of drug-likeness (QED) is 0.779. The van der Waals surface area contributed by atoms with E-state index in [1.54, 1.807) is 0 Å². The average molecular weight is 307 g/mol. The van der Waals surface area contributed by atoms with Crippen LogP contribution in [-0.2, 0) is 0 Å². The number of imidazole rings is 1. The highest BCUT2D eigenvalue weighted by Gasteiger charge is 2.07. The highest BCUT2D eigenvalue weighted by Crippen LogP contribution is 2.18. The number of amides is 1. The lowest BCUT2D eigenvalue weighted by Crippen LogP contribution is -2.25. The third-order valence-corrected chi connectivity index (χ3v) is 3.87. The molecule has 1 N–H and O–H groups in total. The number of hydrogen-bond acceptors (Lipinski definition) is 2. The summed E-state index contributed by atoms with van der Waals surface area (Å²) in [5, 5.41) is 2.96. The number of fused-ring (bicyclic) bond motifs is 1. The molecular weight excluding hydrogens is 286 g/mol. The lowest BCUT2D eigenvalue weighted by Gasteiger charge is -2.08. The Hall–Kier alpha value is -2.62. The molecule has 3 aromatic rings. The van der Waals surface area contributed by atoms with E-state index in [-0.39, 0.29) is 5.91 Å². The predicted octanol–water partition coefficient (Wildman–Crippen LogP) is 3.80. The summed E-state index contributed by atoms with van der Waals surface area (Å²) in [5.74, 6) is 0.569. The number of aromatic nitrogens is 2. The zero-order valence-corrected chi connectivity index (χ0v) is 13.5. The van der Waals surface area contributed by atoms with Gasteiger partial charge in [-0.1, -0.05) is 26.0 Å². The molecule has 0 atom stereocenters. The molecule has 0 saturated heterocycles. The largest absolute Gasteiger partial charge is 0.352 e. The molecule has 4 nitrogen and oxygen atoms in total. The Kier molecular flexibility index (Phi) is 4.42. The number of carbonyl (C=O) groups excluding carboxylic acids is 1. The molecule has 0 saturated carbocycles. The summed E-state index contributed by atoms with van der Waals surface area (Å²) in [6.45, 7) is 5.01. The van der Waals surface area contributed by atoms with Gasteiger partial charge in [-0.15, -0.1) is 0 Å². The minimum Gasteiger partial charge on any atom is -0.352 e. The summed E-state index contributed by atoms with van der Waals surface area (Å²) in [4.78, 5) is 16.5. The van der Waals surface area contributed by atoms with Gasteiger partial charge in [0.15, 0.2) is 0 Å². The van der Waals surface area contributed by atoms with Crippen LogP contribution in [0.1, 0.15) is 30.6 Å². The molecular formula is C19H21N3O. The normalized spacial score (nSPS) is 11.1. The highest BCUT2D eigenvalue weighted by atomic mass is 16.1. The number of nitrogens with one attached hydrogen (secondary N) is 1. The van der Waals surface area contributed by atoms with E-state index in [0.29, 0.717) is 18.0 Å². The van der Waals surface area contributed by atoms with E-state index in [4.69, 9.17) is 0 Å². The first-order valence-corrected chi connectivity index (χ1v) is 7.96. The molecule has 0 bridgehead atoms. The van der Waals surface area contributed by atoms with Crippen LogP contribution in [0, 0.1) is 5.92 Å². The summed E-state index contributed by atoms with van der Waals surface area (Å²) >= 11 is 0. The third-order valence-electron chi connectivity index (χ3n) is 3.87. The van der Waals surface area contributed by atoms with E-state index in [1.165, 1.54) is 0 Å². The first-order chi connectivity index (χ1) is 11.1. The van der Waals surface area contributed by atoms with Gasteiger partial charge in [-0.25, -0.2) is 4.98 Å². The zero-order valence-electron chi connectivity index (χ0n) is 13.5. The van der Waals surface area contributed by atoms with E-state index in [2.05, 4.69) is 24.1 Å². The summed E-state index contributed by atoms with van der Waals surface area (Å²) in [6, 6.07) is 15.6. The number of carbonyl (C=O) groups is 1. The molecule has 0 aliphatic heterocycles. The van der Waals surface area contributed by atoms with Crippen LogP contribution in [0.15, 0.2) is 54.9 Å². The van der Waals surface area contributed by atoms with Crippen LogP contribution >= 0.6 is 0 Å². The van der Waals surface area contributed by atoms with E-state index >= 15 is 0 Å². The van der Waals surface area contributed by atoms with Crippen molar-refractivity contribution in [2.45, 2.75) is 20.3 Å². The van der Waals surface area contributed by atoms with Gasteiger partial charge in [-0.05, 0) is 48.7 Å². The fourth-order valence-electron chi connectivity index (χ4n) is 2.51. The van der Waals surface area contributed by atoms with E-state index in [1.807, 2.05) is 59.4 Å². The summed E-state index contributed by atoms with van der Waals surface area (Å²) in [7, 11) is 0. The Morgan fingerprint density at radius 1 is 1.13 bits per heavy atom. The van der Waals surface area contributed by atoms with E-state index in [0.717, 1.165) is 23.1 Å². The van der Waals surface area contributed by atoms with Gasteiger partial charge in [0.25, 0.3) is 5.91 Å².